The van der Waals surface area contributed by atoms with Crippen molar-refractivity contribution in [3.63, 3.8) is 0 Å². The number of benzene rings is 1. The van der Waals surface area contributed by atoms with Crippen LogP contribution in [0.4, 0.5) is 0 Å². The topological polar surface area (TPSA) is 17.1 Å². The van der Waals surface area contributed by atoms with Crippen LogP contribution in [-0.4, -0.2) is 6.29 Å². The van der Waals surface area contributed by atoms with Crippen LogP contribution < -0.4 is 0 Å². The molecule has 0 radical (unpaired) electrons. The van der Waals surface area contributed by atoms with Crippen LogP contribution in [0.3, 0.4) is 0 Å². The van der Waals surface area contributed by atoms with Gasteiger partial charge < -0.3 is 4.79 Å². The zero-order valence-corrected chi connectivity index (χ0v) is 10.0. The summed E-state index contributed by atoms with van der Waals surface area (Å²) in [7, 11) is 0. The first-order valence-corrected chi connectivity index (χ1v) is 6.22. The van der Waals surface area contributed by atoms with Gasteiger partial charge in [-0.05, 0) is 30.4 Å². The Morgan fingerprint density at radius 2 is 2.00 bits per heavy atom. The summed E-state index contributed by atoms with van der Waals surface area (Å²) in [6, 6.07) is 12.4. The van der Waals surface area contributed by atoms with Crippen LogP contribution in [0, 0.1) is 6.92 Å². The molecule has 0 saturated carbocycles. The number of carbonyl (C=O) groups excluding carboxylic acids is 1. The van der Waals surface area contributed by atoms with Gasteiger partial charge in [0.15, 0.2) is 0 Å². The minimum absolute atomic E-state index is 0.00251. The van der Waals surface area contributed by atoms with Crippen LogP contribution in [0.25, 0.3) is 0 Å². The van der Waals surface area contributed by atoms with E-state index in [4.69, 9.17) is 0 Å². The van der Waals surface area contributed by atoms with Gasteiger partial charge in [0.25, 0.3) is 0 Å². The molecule has 2 rings (SSSR count). The molecule has 16 heavy (non-hydrogen) atoms. The molecule has 1 nitrogen and oxygen atoms in total. The molecule has 0 aliphatic rings. The number of thiophene rings is 1. The highest BCUT2D eigenvalue weighted by Gasteiger charge is 2.11. The molecule has 0 spiro atoms. The van der Waals surface area contributed by atoms with Crippen molar-refractivity contribution in [1.82, 2.24) is 0 Å². The Morgan fingerprint density at radius 3 is 2.56 bits per heavy atom. The van der Waals surface area contributed by atoms with Crippen LogP contribution in [0.1, 0.15) is 21.9 Å². The maximum absolute atomic E-state index is 11.1. The highest BCUT2D eigenvalue weighted by molar-refractivity contribution is 7.10. The molecule has 1 aromatic carbocycles. The smallest absolute Gasteiger partial charge is 0.128 e. The monoisotopic (exact) mass is 230 g/mol. The van der Waals surface area contributed by atoms with Crippen molar-refractivity contribution in [3.05, 3.63) is 57.8 Å². The third-order valence-electron chi connectivity index (χ3n) is 2.65. The van der Waals surface area contributed by atoms with E-state index in [0.29, 0.717) is 0 Å². The standard InChI is InChI=1S/C14H14OS/c1-11-4-6-12(7-5-11)9-13(10-15)14-3-2-8-16-14/h2-8,10,13H,9H2,1H3. The minimum atomic E-state index is 0.00251. The van der Waals surface area contributed by atoms with Crippen molar-refractivity contribution in [2.45, 2.75) is 19.3 Å². The third kappa shape index (κ3) is 2.58. The predicted molar refractivity (Wildman–Crippen MR) is 68.0 cm³/mol. The average Bonchev–Trinajstić information content (AvgIpc) is 2.82. The molecule has 0 fully saturated rings. The Balaban J connectivity index is 2.13. The molecule has 1 aromatic heterocycles. The predicted octanol–water partition coefficient (Wildman–Crippen LogP) is 3.58. The summed E-state index contributed by atoms with van der Waals surface area (Å²) in [6.45, 7) is 2.07. The zero-order valence-electron chi connectivity index (χ0n) is 9.22. The molecule has 1 atom stereocenters. The molecular formula is C14H14OS. The molecule has 0 aliphatic heterocycles. The fourth-order valence-corrected chi connectivity index (χ4v) is 2.48. The molecule has 0 saturated heterocycles. The summed E-state index contributed by atoms with van der Waals surface area (Å²) in [4.78, 5) is 12.2. The van der Waals surface area contributed by atoms with E-state index in [1.807, 2.05) is 17.5 Å². The molecule has 0 N–H and O–H groups in total. The highest BCUT2D eigenvalue weighted by Crippen LogP contribution is 2.23. The van der Waals surface area contributed by atoms with Gasteiger partial charge in [0.05, 0.1) is 5.92 Å². The Morgan fingerprint density at radius 1 is 1.25 bits per heavy atom. The van der Waals surface area contributed by atoms with Crippen molar-refractivity contribution in [2.24, 2.45) is 0 Å². The Labute approximate surface area is 99.8 Å². The quantitative estimate of drug-likeness (QED) is 0.734. The lowest BCUT2D eigenvalue weighted by Gasteiger charge is -2.08. The largest absolute Gasteiger partial charge is 0.303 e. The molecule has 2 aromatic rings. The van der Waals surface area contributed by atoms with Crippen LogP contribution >= 0.6 is 11.3 Å². The highest BCUT2D eigenvalue weighted by atomic mass is 32.1. The first kappa shape index (κ1) is 11.1. The molecular weight excluding hydrogens is 216 g/mol. The second-order valence-corrected chi connectivity index (χ2v) is 4.93. The van der Waals surface area contributed by atoms with E-state index in [1.165, 1.54) is 11.1 Å². The van der Waals surface area contributed by atoms with E-state index in [9.17, 15) is 4.79 Å². The number of hydrogen-bond acceptors (Lipinski definition) is 2. The van der Waals surface area contributed by atoms with Gasteiger partial charge in [-0.25, -0.2) is 0 Å². The van der Waals surface area contributed by atoms with Crippen molar-refractivity contribution in [2.75, 3.05) is 0 Å². The van der Waals surface area contributed by atoms with E-state index in [2.05, 4.69) is 31.2 Å². The van der Waals surface area contributed by atoms with Gasteiger partial charge in [0.2, 0.25) is 0 Å². The van der Waals surface area contributed by atoms with Gasteiger partial charge in [0, 0.05) is 4.88 Å². The van der Waals surface area contributed by atoms with E-state index in [-0.39, 0.29) is 5.92 Å². The van der Waals surface area contributed by atoms with Crippen molar-refractivity contribution >= 4 is 17.6 Å². The molecule has 1 unspecified atom stereocenters. The van der Waals surface area contributed by atoms with E-state index in [1.54, 1.807) is 11.3 Å². The number of rotatable bonds is 4. The van der Waals surface area contributed by atoms with Gasteiger partial charge in [0.1, 0.15) is 6.29 Å². The fraction of sp³-hybridized carbons (Fsp3) is 0.214. The number of aldehydes is 1. The van der Waals surface area contributed by atoms with Crippen LogP contribution in [-0.2, 0) is 11.2 Å². The maximum Gasteiger partial charge on any atom is 0.128 e. The van der Waals surface area contributed by atoms with E-state index in [0.717, 1.165) is 17.6 Å². The molecule has 82 valence electrons. The second kappa shape index (κ2) is 5.08. The van der Waals surface area contributed by atoms with Gasteiger partial charge >= 0.3 is 0 Å². The maximum atomic E-state index is 11.1. The molecule has 1 heterocycles. The van der Waals surface area contributed by atoms with Crippen molar-refractivity contribution in [3.8, 4) is 0 Å². The van der Waals surface area contributed by atoms with Gasteiger partial charge in [-0.3, -0.25) is 0 Å². The van der Waals surface area contributed by atoms with Crippen LogP contribution in [0.15, 0.2) is 41.8 Å². The van der Waals surface area contributed by atoms with Crippen LogP contribution in [0.5, 0.6) is 0 Å². The normalized spacial score (nSPS) is 12.3. The lowest BCUT2D eigenvalue weighted by molar-refractivity contribution is -0.109. The summed E-state index contributed by atoms with van der Waals surface area (Å²) in [6.07, 6.45) is 1.84. The first-order chi connectivity index (χ1) is 7.79. The zero-order chi connectivity index (χ0) is 11.4. The van der Waals surface area contributed by atoms with Gasteiger partial charge in [-0.15, -0.1) is 11.3 Å². The van der Waals surface area contributed by atoms with Crippen molar-refractivity contribution in [1.29, 1.82) is 0 Å². The number of aryl methyl sites for hydroxylation is 1. The summed E-state index contributed by atoms with van der Waals surface area (Å²) in [5.74, 6) is 0.00251. The lowest BCUT2D eigenvalue weighted by Crippen LogP contribution is -2.02. The van der Waals surface area contributed by atoms with Crippen molar-refractivity contribution < 1.29 is 4.79 Å². The summed E-state index contributed by atoms with van der Waals surface area (Å²) >= 11 is 1.65. The number of carbonyl (C=O) groups is 1. The Kier molecular flexibility index (Phi) is 3.52. The SMILES string of the molecule is Cc1ccc(CC(C=O)c2cccs2)cc1. The summed E-state index contributed by atoms with van der Waals surface area (Å²) < 4.78 is 0. The average molecular weight is 230 g/mol. The fourth-order valence-electron chi connectivity index (χ4n) is 1.70. The first-order valence-electron chi connectivity index (χ1n) is 5.34. The molecule has 0 bridgehead atoms. The lowest BCUT2D eigenvalue weighted by atomic mass is 9.98. The Bertz CT molecular complexity index is 442. The summed E-state index contributed by atoms with van der Waals surface area (Å²) in [5.41, 5.74) is 2.47. The van der Waals surface area contributed by atoms with E-state index >= 15 is 0 Å². The second-order valence-electron chi connectivity index (χ2n) is 3.95. The molecule has 2 heteroatoms. The third-order valence-corrected chi connectivity index (χ3v) is 3.65. The molecule has 0 aliphatic carbocycles. The Hall–Kier alpha value is -1.41. The van der Waals surface area contributed by atoms with E-state index < -0.39 is 0 Å². The van der Waals surface area contributed by atoms with Gasteiger partial charge in [-0.1, -0.05) is 35.9 Å². The van der Waals surface area contributed by atoms with Gasteiger partial charge in [-0.2, -0.15) is 0 Å². The number of hydrogen-bond donors (Lipinski definition) is 0. The molecule has 0 amide bonds. The summed E-state index contributed by atoms with van der Waals surface area (Å²) in [5, 5.41) is 2.01. The van der Waals surface area contributed by atoms with Crippen LogP contribution in [0.2, 0.25) is 0 Å². The minimum Gasteiger partial charge on any atom is -0.303 e.